The van der Waals surface area contributed by atoms with Crippen molar-refractivity contribution in [2.24, 2.45) is 0 Å². The molecule has 8 heteroatoms. The molecule has 2 heterocycles. The van der Waals surface area contributed by atoms with E-state index < -0.39 is 0 Å². The molecule has 1 atom stereocenters. The molecule has 3 N–H and O–H groups in total. The molecular weight excluding hydrogens is 398 g/mol. The smallest absolute Gasteiger partial charge is 0.319 e. The van der Waals surface area contributed by atoms with E-state index in [1.165, 1.54) is 0 Å². The van der Waals surface area contributed by atoms with Gasteiger partial charge in [0.1, 0.15) is 5.82 Å². The van der Waals surface area contributed by atoms with Crippen LogP contribution in [0.2, 0.25) is 0 Å². The van der Waals surface area contributed by atoms with Crippen molar-refractivity contribution in [1.29, 1.82) is 0 Å². The maximum atomic E-state index is 11.7. The van der Waals surface area contributed by atoms with Gasteiger partial charge in [-0.1, -0.05) is 0 Å². The van der Waals surface area contributed by atoms with Crippen molar-refractivity contribution < 1.29 is 9.53 Å². The van der Waals surface area contributed by atoms with E-state index in [0.717, 1.165) is 55.6 Å². The number of anilines is 1. The zero-order valence-corrected chi connectivity index (χ0v) is 17.3. The summed E-state index contributed by atoms with van der Waals surface area (Å²) in [6.07, 6.45) is 3.37. The molecule has 0 aliphatic carbocycles. The lowest BCUT2D eigenvalue weighted by Crippen LogP contribution is -2.46. The number of esters is 1. The molecule has 0 aromatic carbocycles. The lowest BCUT2D eigenvalue weighted by atomic mass is 10.0. The molecule has 0 spiro atoms. The topological polar surface area (TPSA) is 83.7 Å². The summed E-state index contributed by atoms with van der Waals surface area (Å²) in [6.45, 7) is 7.79. The van der Waals surface area contributed by atoms with Crippen LogP contribution in [0, 0.1) is 0 Å². The predicted molar refractivity (Wildman–Crippen MR) is 107 cm³/mol. The summed E-state index contributed by atoms with van der Waals surface area (Å²) < 4.78 is 5.94. The van der Waals surface area contributed by atoms with E-state index in [1.807, 2.05) is 13.0 Å². The first-order valence-electron chi connectivity index (χ1n) is 9.17. The van der Waals surface area contributed by atoms with Crippen molar-refractivity contribution in [3.63, 3.8) is 0 Å². The summed E-state index contributed by atoms with van der Waals surface area (Å²) in [7, 11) is 2.16. The minimum Gasteiger partial charge on any atom is -0.465 e. The number of likely N-dealkylation sites (N-methyl/N-ethyl adjacent to an activating group) is 1. The highest BCUT2D eigenvalue weighted by molar-refractivity contribution is 9.10. The second kappa shape index (κ2) is 10.8. The molecule has 1 fully saturated rings. The fraction of sp³-hybridized carbons (Fsp3) is 0.667. The lowest BCUT2D eigenvalue weighted by Gasteiger charge is -2.33. The lowest BCUT2D eigenvalue weighted by molar-refractivity contribution is -0.142. The van der Waals surface area contributed by atoms with Gasteiger partial charge in [-0.25, -0.2) is 4.98 Å². The number of aromatic nitrogens is 1. The van der Waals surface area contributed by atoms with Gasteiger partial charge in [0, 0.05) is 42.9 Å². The Bertz CT molecular complexity index is 579. The largest absolute Gasteiger partial charge is 0.465 e. The van der Waals surface area contributed by atoms with Crippen LogP contribution in [0.3, 0.4) is 0 Å². The monoisotopic (exact) mass is 427 g/mol. The van der Waals surface area contributed by atoms with Crippen LogP contribution in [-0.4, -0.2) is 79.7 Å². The van der Waals surface area contributed by atoms with Gasteiger partial charge in [0.15, 0.2) is 0 Å². The number of piperazine rings is 1. The Morgan fingerprint density at radius 3 is 2.85 bits per heavy atom. The number of rotatable bonds is 9. The molecule has 1 aromatic heterocycles. The Morgan fingerprint density at radius 1 is 1.42 bits per heavy atom. The first kappa shape index (κ1) is 21.1. The third-order valence-corrected chi connectivity index (χ3v) is 5.10. The average Bonchev–Trinajstić information content (AvgIpc) is 2.62. The number of pyridine rings is 1. The number of carbonyl (C=O) groups is 1. The second-order valence-corrected chi connectivity index (χ2v) is 7.63. The number of nitrogen functional groups attached to an aromatic ring is 1. The standard InChI is InChI=1S/C18H30BrN5O2/c1-3-26-17(25)13-21-16(4-5-24-8-6-23(2)7-9-24)11-14-10-15(19)12-22-18(14)20/h10,12,16,21H,3-9,11,13H2,1-2H3,(H2,20,22). The second-order valence-electron chi connectivity index (χ2n) is 6.72. The summed E-state index contributed by atoms with van der Waals surface area (Å²) in [5, 5.41) is 3.34. The van der Waals surface area contributed by atoms with Crippen molar-refractivity contribution >= 4 is 27.7 Å². The highest BCUT2D eigenvalue weighted by atomic mass is 79.9. The van der Waals surface area contributed by atoms with Gasteiger partial charge in [0.25, 0.3) is 0 Å². The summed E-state index contributed by atoms with van der Waals surface area (Å²) in [4.78, 5) is 20.7. The normalized spacial score (nSPS) is 17.2. The number of nitrogens with zero attached hydrogens (tertiary/aromatic N) is 3. The van der Waals surface area contributed by atoms with Crippen LogP contribution in [0.15, 0.2) is 16.7 Å². The van der Waals surface area contributed by atoms with Crippen molar-refractivity contribution in [2.45, 2.75) is 25.8 Å². The molecule has 2 rings (SSSR count). The molecule has 1 aliphatic rings. The van der Waals surface area contributed by atoms with E-state index in [9.17, 15) is 4.79 Å². The number of nitrogens with two attached hydrogens (primary N) is 1. The molecule has 0 saturated carbocycles. The number of hydrogen-bond acceptors (Lipinski definition) is 7. The Balaban J connectivity index is 1.93. The molecule has 0 amide bonds. The third kappa shape index (κ3) is 7.19. The van der Waals surface area contributed by atoms with Crippen LogP contribution in [0.25, 0.3) is 0 Å². The number of hydrogen-bond donors (Lipinski definition) is 2. The third-order valence-electron chi connectivity index (χ3n) is 4.66. The van der Waals surface area contributed by atoms with E-state index in [-0.39, 0.29) is 18.6 Å². The molecule has 26 heavy (non-hydrogen) atoms. The van der Waals surface area contributed by atoms with Crippen LogP contribution >= 0.6 is 15.9 Å². The van der Waals surface area contributed by atoms with Gasteiger partial charge in [-0.15, -0.1) is 0 Å². The molecule has 7 nitrogen and oxygen atoms in total. The van der Waals surface area contributed by atoms with E-state index in [2.05, 4.69) is 43.1 Å². The summed E-state index contributed by atoms with van der Waals surface area (Å²) in [5.74, 6) is 0.313. The van der Waals surface area contributed by atoms with Crippen LogP contribution in [-0.2, 0) is 16.0 Å². The van der Waals surface area contributed by atoms with Crippen LogP contribution in [0.4, 0.5) is 5.82 Å². The van der Waals surface area contributed by atoms with Gasteiger partial charge in [0.05, 0.1) is 13.2 Å². The molecule has 1 unspecified atom stereocenters. The number of ether oxygens (including phenoxy) is 1. The Morgan fingerprint density at radius 2 is 2.15 bits per heavy atom. The van der Waals surface area contributed by atoms with Gasteiger partial charge in [-0.2, -0.15) is 0 Å². The Hall–Kier alpha value is -1.22. The van der Waals surface area contributed by atoms with Crippen molar-refractivity contribution in [3.05, 3.63) is 22.3 Å². The minimum absolute atomic E-state index is 0.137. The molecule has 0 radical (unpaired) electrons. The highest BCUT2D eigenvalue weighted by Gasteiger charge is 2.18. The fourth-order valence-corrected chi connectivity index (χ4v) is 3.43. The molecule has 1 saturated heterocycles. The number of halogens is 1. The van der Waals surface area contributed by atoms with Crippen molar-refractivity contribution in [2.75, 3.05) is 58.7 Å². The molecule has 1 aromatic rings. The van der Waals surface area contributed by atoms with E-state index in [4.69, 9.17) is 10.5 Å². The van der Waals surface area contributed by atoms with Gasteiger partial charge in [0.2, 0.25) is 0 Å². The maximum Gasteiger partial charge on any atom is 0.319 e. The molecular formula is C18H30BrN5O2. The summed E-state index contributed by atoms with van der Waals surface area (Å²) in [6, 6.07) is 2.13. The predicted octanol–water partition coefficient (Wildman–Crippen LogP) is 1.13. The number of nitrogens with one attached hydrogen (secondary N) is 1. The van der Waals surface area contributed by atoms with Crippen LogP contribution in [0.5, 0.6) is 0 Å². The van der Waals surface area contributed by atoms with E-state index in [0.29, 0.717) is 12.4 Å². The fourth-order valence-electron chi connectivity index (χ4n) is 3.05. The average molecular weight is 428 g/mol. The summed E-state index contributed by atoms with van der Waals surface area (Å²) >= 11 is 3.45. The minimum atomic E-state index is -0.225. The van der Waals surface area contributed by atoms with Gasteiger partial charge >= 0.3 is 5.97 Å². The first-order valence-corrected chi connectivity index (χ1v) is 9.97. The molecule has 1 aliphatic heterocycles. The highest BCUT2D eigenvalue weighted by Crippen LogP contribution is 2.18. The van der Waals surface area contributed by atoms with Gasteiger partial charge in [-0.05, 0) is 60.9 Å². The zero-order valence-electron chi connectivity index (χ0n) is 15.7. The Labute approximate surface area is 164 Å². The number of carbonyl (C=O) groups excluding carboxylic acids is 1. The Kier molecular flexibility index (Phi) is 8.77. The molecule has 0 bridgehead atoms. The van der Waals surface area contributed by atoms with E-state index >= 15 is 0 Å². The quantitative estimate of drug-likeness (QED) is 0.571. The van der Waals surface area contributed by atoms with Gasteiger partial charge in [-0.3, -0.25) is 4.79 Å². The van der Waals surface area contributed by atoms with Crippen LogP contribution < -0.4 is 11.1 Å². The maximum absolute atomic E-state index is 11.7. The van der Waals surface area contributed by atoms with Crippen LogP contribution in [0.1, 0.15) is 18.9 Å². The van der Waals surface area contributed by atoms with E-state index in [1.54, 1.807) is 6.20 Å². The summed E-state index contributed by atoms with van der Waals surface area (Å²) in [5.41, 5.74) is 7.01. The van der Waals surface area contributed by atoms with Crippen molar-refractivity contribution in [1.82, 2.24) is 20.1 Å². The first-order chi connectivity index (χ1) is 12.5. The van der Waals surface area contributed by atoms with Crippen molar-refractivity contribution in [3.8, 4) is 0 Å². The van der Waals surface area contributed by atoms with Gasteiger partial charge < -0.3 is 25.6 Å². The molecule has 146 valence electrons. The SMILES string of the molecule is CCOC(=O)CNC(CCN1CCN(C)CC1)Cc1cc(Br)cnc1N. The zero-order chi connectivity index (χ0) is 18.9.